The fourth-order valence-electron chi connectivity index (χ4n) is 1.75. The highest BCUT2D eigenvalue weighted by Crippen LogP contribution is 2.12. The van der Waals surface area contributed by atoms with E-state index < -0.39 is 5.97 Å². The van der Waals surface area contributed by atoms with Crippen molar-refractivity contribution >= 4 is 5.97 Å². The number of carbonyl (C=O) groups is 1. The van der Waals surface area contributed by atoms with Gasteiger partial charge in [0.2, 0.25) is 0 Å². The summed E-state index contributed by atoms with van der Waals surface area (Å²) in [5, 5.41) is 8.79. The van der Waals surface area contributed by atoms with Gasteiger partial charge in [-0.25, -0.2) is 0 Å². The molecule has 0 saturated heterocycles. The summed E-state index contributed by atoms with van der Waals surface area (Å²) in [5.41, 5.74) is 3.48. The smallest absolute Gasteiger partial charge is 0.317 e. The average Bonchev–Trinajstić information content (AvgIpc) is 2.21. The number of benzene rings is 1. The third-order valence-electron chi connectivity index (χ3n) is 2.57. The zero-order valence-corrected chi connectivity index (χ0v) is 10.2. The molecule has 0 aliphatic heterocycles. The number of hydrogen-bond acceptors (Lipinski definition) is 2. The number of nitrogens with zero attached hydrogens (tertiary/aromatic N) is 1. The van der Waals surface area contributed by atoms with E-state index in [0.29, 0.717) is 13.1 Å². The van der Waals surface area contributed by atoms with E-state index in [2.05, 4.69) is 12.0 Å². The number of carboxylic acids is 1. The van der Waals surface area contributed by atoms with Gasteiger partial charge in [0.1, 0.15) is 0 Å². The van der Waals surface area contributed by atoms with E-state index in [1.165, 1.54) is 5.56 Å². The highest BCUT2D eigenvalue weighted by molar-refractivity contribution is 5.69. The maximum atomic E-state index is 10.7. The molecule has 0 spiro atoms. The van der Waals surface area contributed by atoms with Crippen molar-refractivity contribution in [3.8, 4) is 12.3 Å². The molecular weight excluding hydrogens is 214 g/mol. The largest absolute Gasteiger partial charge is 0.480 e. The lowest BCUT2D eigenvalue weighted by atomic mass is 10.1. The second-order valence-corrected chi connectivity index (χ2v) is 4.17. The van der Waals surface area contributed by atoms with Crippen LogP contribution in [0.1, 0.15) is 16.7 Å². The van der Waals surface area contributed by atoms with Crippen LogP contribution in [0.4, 0.5) is 0 Å². The molecule has 0 bridgehead atoms. The molecule has 0 aromatic heterocycles. The summed E-state index contributed by atoms with van der Waals surface area (Å²) in [4.78, 5) is 12.4. The van der Waals surface area contributed by atoms with E-state index in [1.807, 2.05) is 26.0 Å². The van der Waals surface area contributed by atoms with Gasteiger partial charge in [0.15, 0.2) is 0 Å². The molecule has 1 aromatic carbocycles. The number of aliphatic carboxylic acids is 1. The van der Waals surface area contributed by atoms with Gasteiger partial charge < -0.3 is 5.11 Å². The van der Waals surface area contributed by atoms with Crippen molar-refractivity contribution in [2.24, 2.45) is 0 Å². The Labute approximate surface area is 102 Å². The van der Waals surface area contributed by atoms with Gasteiger partial charge in [-0.2, -0.15) is 0 Å². The van der Waals surface area contributed by atoms with E-state index in [0.717, 1.165) is 11.1 Å². The van der Waals surface area contributed by atoms with Crippen LogP contribution in [0.3, 0.4) is 0 Å². The van der Waals surface area contributed by atoms with Crippen molar-refractivity contribution < 1.29 is 9.90 Å². The summed E-state index contributed by atoms with van der Waals surface area (Å²) in [6.07, 6.45) is 5.24. The molecular formula is C14H17NO2. The lowest BCUT2D eigenvalue weighted by Gasteiger charge is -2.18. The summed E-state index contributed by atoms with van der Waals surface area (Å²) < 4.78 is 0. The monoisotopic (exact) mass is 231 g/mol. The number of terminal acetylenes is 1. The molecule has 0 atom stereocenters. The van der Waals surface area contributed by atoms with Gasteiger partial charge >= 0.3 is 5.97 Å². The second kappa shape index (κ2) is 6.07. The van der Waals surface area contributed by atoms with Gasteiger partial charge in [-0.15, -0.1) is 6.42 Å². The lowest BCUT2D eigenvalue weighted by molar-refractivity contribution is -0.138. The molecule has 0 saturated carbocycles. The van der Waals surface area contributed by atoms with Crippen LogP contribution in [0.25, 0.3) is 0 Å². The standard InChI is InChI=1S/C14H17NO2/c1-4-7-15(10-14(16)17)9-13-6-5-11(2)8-12(13)3/h1,5-6,8H,7,9-10H2,2-3H3,(H,16,17). The zero-order valence-electron chi connectivity index (χ0n) is 10.2. The van der Waals surface area contributed by atoms with Gasteiger partial charge in [-0.3, -0.25) is 9.69 Å². The summed E-state index contributed by atoms with van der Waals surface area (Å²) >= 11 is 0. The van der Waals surface area contributed by atoms with Crippen LogP contribution in [0.2, 0.25) is 0 Å². The number of hydrogen-bond donors (Lipinski definition) is 1. The first-order valence-corrected chi connectivity index (χ1v) is 5.46. The van der Waals surface area contributed by atoms with Crippen LogP contribution in [-0.2, 0) is 11.3 Å². The Balaban J connectivity index is 2.78. The van der Waals surface area contributed by atoms with Crippen LogP contribution in [0, 0.1) is 26.2 Å². The Morgan fingerprint density at radius 1 is 1.47 bits per heavy atom. The van der Waals surface area contributed by atoms with Crippen LogP contribution in [0.15, 0.2) is 18.2 Å². The Bertz CT molecular complexity index is 446. The Morgan fingerprint density at radius 3 is 2.71 bits per heavy atom. The molecule has 90 valence electrons. The minimum Gasteiger partial charge on any atom is -0.480 e. The van der Waals surface area contributed by atoms with Crippen molar-refractivity contribution in [2.45, 2.75) is 20.4 Å². The molecule has 0 aliphatic rings. The van der Waals surface area contributed by atoms with Crippen LogP contribution in [0.5, 0.6) is 0 Å². The maximum absolute atomic E-state index is 10.7. The predicted molar refractivity (Wildman–Crippen MR) is 67.7 cm³/mol. The quantitative estimate of drug-likeness (QED) is 0.786. The van der Waals surface area contributed by atoms with Gasteiger partial charge in [-0.05, 0) is 25.0 Å². The van der Waals surface area contributed by atoms with E-state index in [4.69, 9.17) is 11.5 Å². The predicted octanol–water partition coefficient (Wildman–Crippen LogP) is 1.82. The highest BCUT2D eigenvalue weighted by atomic mass is 16.4. The fourth-order valence-corrected chi connectivity index (χ4v) is 1.75. The van der Waals surface area contributed by atoms with Gasteiger partial charge in [-0.1, -0.05) is 29.7 Å². The molecule has 17 heavy (non-hydrogen) atoms. The van der Waals surface area contributed by atoms with Crippen molar-refractivity contribution in [3.63, 3.8) is 0 Å². The third-order valence-corrected chi connectivity index (χ3v) is 2.57. The topological polar surface area (TPSA) is 40.5 Å². The van der Waals surface area contributed by atoms with Crippen molar-refractivity contribution in [3.05, 3.63) is 34.9 Å². The van der Waals surface area contributed by atoms with Gasteiger partial charge in [0, 0.05) is 6.54 Å². The number of rotatable bonds is 5. The normalized spacial score (nSPS) is 10.2. The van der Waals surface area contributed by atoms with Crippen LogP contribution >= 0.6 is 0 Å². The SMILES string of the molecule is C#CCN(CC(=O)O)Cc1ccc(C)cc1C. The van der Waals surface area contributed by atoms with E-state index in [1.54, 1.807) is 4.90 Å². The first-order valence-electron chi connectivity index (χ1n) is 5.46. The molecule has 0 radical (unpaired) electrons. The maximum Gasteiger partial charge on any atom is 0.317 e. The Kier molecular flexibility index (Phi) is 4.74. The molecule has 3 heteroatoms. The lowest BCUT2D eigenvalue weighted by Crippen LogP contribution is -2.29. The summed E-state index contributed by atoms with van der Waals surface area (Å²) in [5.74, 6) is 1.63. The minimum atomic E-state index is -0.856. The molecule has 0 fully saturated rings. The molecule has 0 heterocycles. The molecule has 1 rings (SSSR count). The van der Waals surface area contributed by atoms with E-state index in [-0.39, 0.29) is 6.54 Å². The first kappa shape index (κ1) is 13.3. The molecule has 0 amide bonds. The van der Waals surface area contributed by atoms with Crippen molar-refractivity contribution in [1.82, 2.24) is 4.90 Å². The highest BCUT2D eigenvalue weighted by Gasteiger charge is 2.10. The summed E-state index contributed by atoms with van der Waals surface area (Å²) in [6.45, 7) is 4.95. The first-order chi connectivity index (χ1) is 8.02. The Morgan fingerprint density at radius 2 is 2.18 bits per heavy atom. The molecule has 0 aliphatic carbocycles. The molecule has 0 unspecified atom stereocenters. The fraction of sp³-hybridized carbons (Fsp3) is 0.357. The van der Waals surface area contributed by atoms with Crippen LogP contribution < -0.4 is 0 Å². The van der Waals surface area contributed by atoms with Crippen LogP contribution in [-0.4, -0.2) is 29.1 Å². The average molecular weight is 231 g/mol. The van der Waals surface area contributed by atoms with E-state index >= 15 is 0 Å². The van der Waals surface area contributed by atoms with Gasteiger partial charge in [0.05, 0.1) is 13.1 Å². The minimum absolute atomic E-state index is 0.0302. The van der Waals surface area contributed by atoms with Crippen molar-refractivity contribution in [1.29, 1.82) is 0 Å². The molecule has 1 N–H and O–H groups in total. The zero-order chi connectivity index (χ0) is 12.8. The number of aryl methyl sites for hydroxylation is 2. The van der Waals surface area contributed by atoms with Gasteiger partial charge in [0.25, 0.3) is 0 Å². The Hall–Kier alpha value is -1.79. The van der Waals surface area contributed by atoms with E-state index in [9.17, 15) is 4.79 Å². The summed E-state index contributed by atoms with van der Waals surface area (Å²) in [7, 11) is 0. The third kappa shape index (κ3) is 4.29. The second-order valence-electron chi connectivity index (χ2n) is 4.17. The number of carboxylic acid groups (broad SMARTS) is 1. The van der Waals surface area contributed by atoms with Crippen molar-refractivity contribution in [2.75, 3.05) is 13.1 Å². The molecule has 1 aromatic rings. The molecule has 3 nitrogen and oxygen atoms in total. The summed E-state index contributed by atoms with van der Waals surface area (Å²) in [6, 6.07) is 6.14.